The molecule has 6 heteroatoms. The number of amides is 2. The number of rotatable bonds is 6. The van der Waals surface area contributed by atoms with Crippen molar-refractivity contribution in [3.8, 4) is 0 Å². The first-order chi connectivity index (χ1) is 12.7. The minimum atomic E-state index is -0.238. The van der Waals surface area contributed by atoms with Crippen molar-refractivity contribution in [2.45, 2.75) is 34.1 Å². The molecule has 1 N–H and O–H groups in total. The molecule has 142 valence electrons. The van der Waals surface area contributed by atoms with E-state index in [1.54, 1.807) is 30.3 Å². The maximum absolute atomic E-state index is 12.4. The Hall–Kier alpha value is -2.66. The monoisotopic (exact) mass is 386 g/mol. The van der Waals surface area contributed by atoms with Gasteiger partial charge in [-0.15, -0.1) is 0 Å². The van der Waals surface area contributed by atoms with Gasteiger partial charge in [-0.3, -0.25) is 14.4 Å². The van der Waals surface area contributed by atoms with E-state index in [-0.39, 0.29) is 30.6 Å². The van der Waals surface area contributed by atoms with Crippen molar-refractivity contribution in [1.29, 1.82) is 0 Å². The highest BCUT2D eigenvalue weighted by molar-refractivity contribution is 6.34. The summed E-state index contributed by atoms with van der Waals surface area (Å²) >= 11 is 6.22. The van der Waals surface area contributed by atoms with Gasteiger partial charge in [0.1, 0.15) is 0 Å². The summed E-state index contributed by atoms with van der Waals surface area (Å²) in [5, 5.41) is 3.30. The number of Topliss-reactive ketones (excluding diaryl/α,β-unsaturated/α-hetero) is 1. The van der Waals surface area contributed by atoms with Gasteiger partial charge < -0.3 is 10.2 Å². The molecule has 2 rings (SSSR count). The zero-order valence-corrected chi connectivity index (χ0v) is 16.7. The summed E-state index contributed by atoms with van der Waals surface area (Å²) in [5.74, 6) is -0.520. The van der Waals surface area contributed by atoms with E-state index in [1.165, 1.54) is 18.7 Å². The highest BCUT2D eigenvalue weighted by Crippen LogP contribution is 2.27. The van der Waals surface area contributed by atoms with Crippen LogP contribution in [-0.2, 0) is 9.59 Å². The van der Waals surface area contributed by atoms with Crippen LogP contribution < -0.4 is 10.2 Å². The fraction of sp³-hybridized carbons (Fsp3) is 0.286. The van der Waals surface area contributed by atoms with Crippen LogP contribution in [0.25, 0.3) is 0 Å². The van der Waals surface area contributed by atoms with Gasteiger partial charge in [0.2, 0.25) is 11.8 Å². The lowest BCUT2D eigenvalue weighted by Crippen LogP contribution is -2.32. The topological polar surface area (TPSA) is 66.5 Å². The molecule has 2 amide bonds. The lowest BCUT2D eigenvalue weighted by atomic mass is 10.1. The Morgan fingerprint density at radius 1 is 1.07 bits per heavy atom. The molecule has 0 aliphatic carbocycles. The van der Waals surface area contributed by atoms with E-state index in [9.17, 15) is 14.4 Å². The third kappa shape index (κ3) is 5.41. The predicted octanol–water partition coefficient (Wildman–Crippen LogP) is 4.54. The first-order valence-electron chi connectivity index (χ1n) is 8.64. The standard InChI is InChI=1S/C21H23ClN2O3/c1-13-10-14(2)21(19(22)11-13)23-20(27)8-9-24(16(4)26)18-7-5-6-17(12-18)15(3)25/h5-7,10-12H,8-9H2,1-4H3,(H,23,27). The summed E-state index contributed by atoms with van der Waals surface area (Å²) in [6.45, 7) is 6.91. The number of nitrogens with one attached hydrogen (secondary N) is 1. The van der Waals surface area contributed by atoms with Crippen LogP contribution >= 0.6 is 11.6 Å². The quantitative estimate of drug-likeness (QED) is 0.741. The molecule has 0 radical (unpaired) electrons. The summed E-state index contributed by atoms with van der Waals surface area (Å²) in [7, 11) is 0. The van der Waals surface area contributed by atoms with E-state index in [0.29, 0.717) is 22.0 Å². The normalized spacial score (nSPS) is 10.4. The van der Waals surface area contributed by atoms with E-state index in [0.717, 1.165) is 11.1 Å². The molecule has 0 fully saturated rings. The second-order valence-corrected chi connectivity index (χ2v) is 6.92. The van der Waals surface area contributed by atoms with Gasteiger partial charge in [-0.1, -0.05) is 29.8 Å². The van der Waals surface area contributed by atoms with Crippen molar-refractivity contribution >= 4 is 40.6 Å². The van der Waals surface area contributed by atoms with Gasteiger partial charge in [0.05, 0.1) is 10.7 Å². The van der Waals surface area contributed by atoms with Crippen LogP contribution in [0.3, 0.4) is 0 Å². The summed E-state index contributed by atoms with van der Waals surface area (Å²) in [5.41, 5.74) is 3.59. The number of halogens is 1. The van der Waals surface area contributed by atoms with Crippen LogP contribution in [0, 0.1) is 13.8 Å². The minimum absolute atomic E-state index is 0.0809. The molecule has 27 heavy (non-hydrogen) atoms. The fourth-order valence-corrected chi connectivity index (χ4v) is 3.22. The van der Waals surface area contributed by atoms with Gasteiger partial charge in [-0.2, -0.15) is 0 Å². The zero-order chi connectivity index (χ0) is 20.1. The van der Waals surface area contributed by atoms with Crippen molar-refractivity contribution in [3.05, 3.63) is 58.1 Å². The number of nitrogens with zero attached hydrogens (tertiary/aromatic N) is 1. The average molecular weight is 387 g/mol. The number of anilines is 2. The highest BCUT2D eigenvalue weighted by Gasteiger charge is 2.16. The Morgan fingerprint density at radius 2 is 1.78 bits per heavy atom. The van der Waals surface area contributed by atoms with Crippen molar-refractivity contribution in [2.24, 2.45) is 0 Å². The minimum Gasteiger partial charge on any atom is -0.324 e. The van der Waals surface area contributed by atoms with E-state index < -0.39 is 0 Å². The van der Waals surface area contributed by atoms with E-state index in [2.05, 4.69) is 5.32 Å². The predicted molar refractivity (Wildman–Crippen MR) is 109 cm³/mol. The molecular formula is C21H23ClN2O3. The number of benzene rings is 2. The van der Waals surface area contributed by atoms with Crippen LogP contribution in [-0.4, -0.2) is 24.1 Å². The van der Waals surface area contributed by atoms with Crippen LogP contribution in [0.15, 0.2) is 36.4 Å². The molecule has 2 aromatic rings. The first kappa shape index (κ1) is 20.6. The Morgan fingerprint density at radius 3 is 2.37 bits per heavy atom. The van der Waals surface area contributed by atoms with Crippen LogP contribution in [0.4, 0.5) is 11.4 Å². The fourth-order valence-electron chi connectivity index (χ4n) is 2.85. The zero-order valence-electron chi connectivity index (χ0n) is 15.9. The number of carbonyl (C=O) groups excluding carboxylic acids is 3. The molecule has 0 spiro atoms. The van der Waals surface area contributed by atoms with Crippen molar-refractivity contribution in [3.63, 3.8) is 0 Å². The average Bonchev–Trinajstić information content (AvgIpc) is 2.58. The van der Waals surface area contributed by atoms with E-state index in [1.807, 2.05) is 19.9 Å². The van der Waals surface area contributed by atoms with Gasteiger partial charge in [0, 0.05) is 31.1 Å². The molecule has 5 nitrogen and oxygen atoms in total. The Bertz CT molecular complexity index is 870. The summed E-state index contributed by atoms with van der Waals surface area (Å²) < 4.78 is 0. The molecule has 0 saturated heterocycles. The van der Waals surface area contributed by atoms with E-state index >= 15 is 0 Å². The van der Waals surface area contributed by atoms with E-state index in [4.69, 9.17) is 11.6 Å². The molecule has 0 bridgehead atoms. The lowest BCUT2D eigenvalue weighted by molar-refractivity contribution is -0.117. The maximum atomic E-state index is 12.4. The summed E-state index contributed by atoms with van der Waals surface area (Å²) in [6, 6.07) is 10.5. The van der Waals surface area contributed by atoms with Gasteiger partial charge in [-0.05, 0) is 50.1 Å². The molecule has 0 unspecified atom stereocenters. The third-order valence-corrected chi connectivity index (χ3v) is 4.50. The molecular weight excluding hydrogens is 364 g/mol. The maximum Gasteiger partial charge on any atom is 0.226 e. The first-order valence-corrected chi connectivity index (χ1v) is 9.02. The molecule has 0 aliphatic rings. The Kier molecular flexibility index (Phi) is 6.75. The second-order valence-electron chi connectivity index (χ2n) is 6.51. The van der Waals surface area contributed by atoms with Crippen LogP contribution in [0.2, 0.25) is 5.02 Å². The van der Waals surface area contributed by atoms with Crippen molar-refractivity contribution in [2.75, 3.05) is 16.8 Å². The van der Waals surface area contributed by atoms with Crippen molar-refractivity contribution in [1.82, 2.24) is 0 Å². The van der Waals surface area contributed by atoms with Crippen molar-refractivity contribution < 1.29 is 14.4 Å². The number of carbonyl (C=O) groups is 3. The lowest BCUT2D eigenvalue weighted by Gasteiger charge is -2.21. The number of aryl methyl sites for hydroxylation is 2. The van der Waals surface area contributed by atoms with Gasteiger partial charge >= 0.3 is 0 Å². The van der Waals surface area contributed by atoms with Gasteiger partial charge in [0.25, 0.3) is 0 Å². The largest absolute Gasteiger partial charge is 0.324 e. The molecule has 0 aliphatic heterocycles. The molecule has 2 aromatic carbocycles. The van der Waals surface area contributed by atoms with Gasteiger partial charge in [-0.25, -0.2) is 0 Å². The molecule has 0 heterocycles. The van der Waals surface area contributed by atoms with Crippen LogP contribution in [0.1, 0.15) is 41.8 Å². The number of ketones is 1. The number of hydrogen-bond donors (Lipinski definition) is 1. The SMILES string of the molecule is CC(=O)c1cccc(N(CCC(=O)Nc2c(C)cc(C)cc2Cl)C(C)=O)c1. The number of hydrogen-bond acceptors (Lipinski definition) is 3. The third-order valence-electron chi connectivity index (χ3n) is 4.20. The Balaban J connectivity index is 2.10. The summed E-state index contributed by atoms with van der Waals surface area (Å²) in [6.07, 6.45) is 0.105. The van der Waals surface area contributed by atoms with Gasteiger partial charge in [0.15, 0.2) is 5.78 Å². The smallest absolute Gasteiger partial charge is 0.226 e. The van der Waals surface area contributed by atoms with Crippen LogP contribution in [0.5, 0.6) is 0 Å². The molecule has 0 aromatic heterocycles. The highest BCUT2D eigenvalue weighted by atomic mass is 35.5. The Labute approximate surface area is 164 Å². The molecule has 0 saturated carbocycles. The molecule has 0 atom stereocenters. The second kappa shape index (κ2) is 8.82. The summed E-state index contributed by atoms with van der Waals surface area (Å²) in [4.78, 5) is 37.5.